The van der Waals surface area contributed by atoms with Gasteiger partial charge in [0.05, 0.1) is 18.6 Å². The largest absolute Gasteiger partial charge is 0.497 e. The molecule has 21 heavy (non-hydrogen) atoms. The van der Waals surface area contributed by atoms with Crippen molar-refractivity contribution in [1.82, 2.24) is 4.98 Å². The summed E-state index contributed by atoms with van der Waals surface area (Å²) in [7, 11) is 1.63. The molecular formula is C16H15N3O2. The van der Waals surface area contributed by atoms with Gasteiger partial charge in [-0.05, 0) is 49.4 Å². The van der Waals surface area contributed by atoms with Crippen LogP contribution in [0, 0.1) is 0 Å². The summed E-state index contributed by atoms with van der Waals surface area (Å²) in [5, 5.41) is 0. The van der Waals surface area contributed by atoms with E-state index in [9.17, 15) is 0 Å². The summed E-state index contributed by atoms with van der Waals surface area (Å²) in [6.45, 7) is 1.75. The first-order valence-electron chi connectivity index (χ1n) is 6.51. The molecule has 5 nitrogen and oxygen atoms in total. The maximum atomic E-state index is 5.76. The van der Waals surface area contributed by atoms with E-state index in [1.807, 2.05) is 42.5 Å². The zero-order valence-corrected chi connectivity index (χ0v) is 11.8. The molecule has 1 heterocycles. The Balaban J connectivity index is 2.01. The number of aromatic nitrogens is 1. The molecule has 0 amide bonds. The molecule has 0 aliphatic carbocycles. The molecule has 0 atom stereocenters. The molecule has 2 N–H and O–H groups in total. The molecule has 2 aromatic carbocycles. The predicted molar refractivity (Wildman–Crippen MR) is 83.0 cm³/mol. The van der Waals surface area contributed by atoms with Crippen molar-refractivity contribution in [2.45, 2.75) is 6.92 Å². The van der Waals surface area contributed by atoms with Crippen LogP contribution in [-0.2, 0) is 0 Å². The van der Waals surface area contributed by atoms with Crippen molar-refractivity contribution in [3.63, 3.8) is 0 Å². The summed E-state index contributed by atoms with van der Waals surface area (Å²) >= 11 is 0. The van der Waals surface area contributed by atoms with Gasteiger partial charge in [0.2, 0.25) is 5.89 Å². The van der Waals surface area contributed by atoms with Crippen LogP contribution in [0.4, 0.5) is 5.69 Å². The fraction of sp³-hybridized carbons (Fsp3) is 0.125. The number of ether oxygens (including phenoxy) is 1. The fourth-order valence-electron chi connectivity index (χ4n) is 2.05. The smallest absolute Gasteiger partial charge is 0.227 e. The molecule has 3 rings (SSSR count). The number of fused-ring (bicyclic) bond motifs is 1. The van der Waals surface area contributed by atoms with Gasteiger partial charge in [-0.2, -0.15) is 0 Å². The third-order valence-corrected chi connectivity index (χ3v) is 3.01. The average Bonchev–Trinajstić information content (AvgIpc) is 2.90. The van der Waals surface area contributed by atoms with Gasteiger partial charge >= 0.3 is 0 Å². The number of benzene rings is 2. The zero-order chi connectivity index (χ0) is 14.8. The number of oxazole rings is 1. The van der Waals surface area contributed by atoms with E-state index >= 15 is 0 Å². The highest BCUT2D eigenvalue weighted by Crippen LogP contribution is 2.28. The lowest BCUT2D eigenvalue weighted by molar-refractivity contribution is 0.415. The van der Waals surface area contributed by atoms with Crippen molar-refractivity contribution >= 4 is 22.6 Å². The summed E-state index contributed by atoms with van der Waals surface area (Å²) in [6, 6.07) is 13.1. The monoisotopic (exact) mass is 281 g/mol. The molecule has 106 valence electrons. The lowest BCUT2D eigenvalue weighted by Crippen LogP contribution is -2.03. The highest BCUT2D eigenvalue weighted by atomic mass is 16.5. The fourth-order valence-corrected chi connectivity index (χ4v) is 2.05. The van der Waals surface area contributed by atoms with Crippen LogP contribution in [0.1, 0.15) is 6.92 Å². The number of hydrogen-bond donors (Lipinski definition) is 1. The predicted octanol–water partition coefficient (Wildman–Crippen LogP) is 3.51. The van der Waals surface area contributed by atoms with Crippen LogP contribution < -0.4 is 10.5 Å². The first kappa shape index (κ1) is 13.2. The van der Waals surface area contributed by atoms with Crippen LogP contribution in [0.25, 0.3) is 22.6 Å². The molecule has 1 aromatic heterocycles. The second-order valence-electron chi connectivity index (χ2n) is 4.65. The zero-order valence-electron chi connectivity index (χ0n) is 11.8. The van der Waals surface area contributed by atoms with Crippen molar-refractivity contribution in [3.05, 3.63) is 42.5 Å². The van der Waals surface area contributed by atoms with E-state index in [1.165, 1.54) is 0 Å². The quantitative estimate of drug-likeness (QED) is 0.589. The maximum Gasteiger partial charge on any atom is 0.227 e. The summed E-state index contributed by atoms with van der Waals surface area (Å²) < 4.78 is 10.9. The van der Waals surface area contributed by atoms with Crippen LogP contribution in [0.2, 0.25) is 0 Å². The number of aliphatic imine (C=N–C) groups is 1. The van der Waals surface area contributed by atoms with Gasteiger partial charge in [0.15, 0.2) is 5.58 Å². The van der Waals surface area contributed by atoms with E-state index in [4.69, 9.17) is 14.9 Å². The molecule has 0 saturated carbocycles. The molecule has 0 aliphatic rings. The van der Waals surface area contributed by atoms with Crippen LogP contribution in [-0.4, -0.2) is 17.9 Å². The Labute approximate surface area is 122 Å². The van der Waals surface area contributed by atoms with E-state index < -0.39 is 0 Å². The van der Waals surface area contributed by atoms with Gasteiger partial charge in [0.25, 0.3) is 0 Å². The normalized spacial score (nSPS) is 11.8. The number of hydrogen-bond acceptors (Lipinski definition) is 4. The number of nitrogens with zero attached hydrogens (tertiary/aromatic N) is 2. The van der Waals surface area contributed by atoms with Gasteiger partial charge in [-0.25, -0.2) is 9.98 Å². The van der Waals surface area contributed by atoms with E-state index in [0.717, 1.165) is 28.1 Å². The van der Waals surface area contributed by atoms with Crippen LogP contribution in [0.3, 0.4) is 0 Å². The number of methoxy groups -OCH3 is 1. The molecule has 0 bridgehead atoms. The minimum Gasteiger partial charge on any atom is -0.497 e. The summed E-state index contributed by atoms with van der Waals surface area (Å²) in [6.07, 6.45) is 0. The van der Waals surface area contributed by atoms with E-state index in [2.05, 4.69) is 9.98 Å². The van der Waals surface area contributed by atoms with Crippen molar-refractivity contribution in [1.29, 1.82) is 0 Å². The van der Waals surface area contributed by atoms with Gasteiger partial charge in [0.1, 0.15) is 11.3 Å². The van der Waals surface area contributed by atoms with Gasteiger partial charge < -0.3 is 14.9 Å². The Morgan fingerprint density at radius 2 is 1.95 bits per heavy atom. The summed E-state index contributed by atoms with van der Waals surface area (Å²) in [4.78, 5) is 8.70. The Kier molecular flexibility index (Phi) is 3.31. The lowest BCUT2D eigenvalue weighted by Gasteiger charge is -1.99. The van der Waals surface area contributed by atoms with Crippen LogP contribution in [0.15, 0.2) is 51.9 Å². The molecule has 0 saturated heterocycles. The third kappa shape index (κ3) is 2.72. The maximum absolute atomic E-state index is 5.76. The van der Waals surface area contributed by atoms with Crippen LogP contribution in [0.5, 0.6) is 5.75 Å². The minimum absolute atomic E-state index is 0.508. The highest BCUT2D eigenvalue weighted by Gasteiger charge is 2.09. The molecule has 0 unspecified atom stereocenters. The number of nitrogens with two attached hydrogens (primary N) is 1. The first-order valence-corrected chi connectivity index (χ1v) is 6.51. The Bertz CT molecular complexity index is 800. The van der Waals surface area contributed by atoms with Crippen molar-refractivity contribution < 1.29 is 9.15 Å². The van der Waals surface area contributed by atoms with E-state index in [1.54, 1.807) is 14.0 Å². The van der Waals surface area contributed by atoms with Gasteiger partial charge in [-0.15, -0.1) is 0 Å². The molecule has 3 aromatic rings. The standard InChI is InChI=1S/C16H15N3O2/c1-10(17)18-12-5-8-15-14(9-12)19-16(21-15)11-3-6-13(20-2)7-4-11/h3-9H,1-2H3,(H2,17,18). The van der Waals surface area contributed by atoms with Gasteiger partial charge in [0, 0.05) is 5.56 Å². The van der Waals surface area contributed by atoms with Crippen molar-refractivity contribution in [2.24, 2.45) is 10.7 Å². The van der Waals surface area contributed by atoms with E-state index in [0.29, 0.717) is 11.7 Å². The lowest BCUT2D eigenvalue weighted by atomic mass is 10.2. The molecular weight excluding hydrogens is 266 g/mol. The summed E-state index contributed by atoms with van der Waals surface area (Å²) in [5.74, 6) is 1.87. The topological polar surface area (TPSA) is 73.6 Å². The number of amidine groups is 1. The molecule has 0 spiro atoms. The van der Waals surface area contributed by atoms with Gasteiger partial charge in [-0.1, -0.05) is 0 Å². The Hall–Kier alpha value is -2.82. The number of rotatable bonds is 3. The average molecular weight is 281 g/mol. The first-order chi connectivity index (χ1) is 10.2. The van der Waals surface area contributed by atoms with Crippen molar-refractivity contribution in [3.8, 4) is 17.2 Å². The summed E-state index contributed by atoms with van der Waals surface area (Å²) in [5.41, 5.74) is 8.71. The van der Waals surface area contributed by atoms with E-state index in [-0.39, 0.29) is 0 Å². The van der Waals surface area contributed by atoms with Crippen molar-refractivity contribution in [2.75, 3.05) is 7.11 Å². The minimum atomic E-state index is 0.508. The SMILES string of the molecule is COc1ccc(-c2nc3cc(N=C(C)N)ccc3o2)cc1. The molecule has 0 fully saturated rings. The molecule has 5 heteroatoms. The van der Waals surface area contributed by atoms with Crippen LogP contribution >= 0.6 is 0 Å². The Morgan fingerprint density at radius 3 is 2.62 bits per heavy atom. The molecule has 0 aliphatic heterocycles. The van der Waals surface area contributed by atoms with Gasteiger partial charge in [-0.3, -0.25) is 0 Å². The second kappa shape index (κ2) is 5.28. The molecule has 0 radical (unpaired) electrons. The highest BCUT2D eigenvalue weighted by molar-refractivity contribution is 5.84. The second-order valence-corrected chi connectivity index (χ2v) is 4.65. The Morgan fingerprint density at radius 1 is 1.19 bits per heavy atom. The third-order valence-electron chi connectivity index (χ3n) is 3.01.